The van der Waals surface area contributed by atoms with Crippen LogP contribution in [0.2, 0.25) is 0 Å². The van der Waals surface area contributed by atoms with Crippen LogP contribution < -0.4 is 4.74 Å². The van der Waals surface area contributed by atoms with Gasteiger partial charge >= 0.3 is 99.0 Å². The standard InChI is InChI=1S/C12H11IO2/c14-12(9-10-5-4-8-13-10)15-11-6-2-1-3-7-11/h1-8,13H,9H2. The van der Waals surface area contributed by atoms with Crippen molar-refractivity contribution >= 4 is 27.2 Å². The van der Waals surface area contributed by atoms with Gasteiger partial charge < -0.3 is 0 Å². The van der Waals surface area contributed by atoms with Crippen LogP contribution in [0.3, 0.4) is 0 Å². The molecule has 0 amide bonds. The molecule has 2 rings (SSSR count). The van der Waals surface area contributed by atoms with Crippen molar-refractivity contribution in [1.29, 1.82) is 0 Å². The van der Waals surface area contributed by atoms with Gasteiger partial charge in [-0.3, -0.25) is 0 Å². The van der Waals surface area contributed by atoms with Gasteiger partial charge in [0.15, 0.2) is 0 Å². The Morgan fingerprint density at radius 2 is 2.07 bits per heavy atom. The zero-order valence-electron chi connectivity index (χ0n) is 8.05. The third-order valence-corrected chi connectivity index (χ3v) is 4.37. The zero-order valence-corrected chi connectivity index (χ0v) is 10.4. The number of hydrogen-bond acceptors (Lipinski definition) is 2. The normalized spacial score (nSPS) is 14.3. The van der Waals surface area contributed by atoms with Crippen molar-refractivity contribution in [3.05, 3.63) is 50.1 Å². The summed E-state index contributed by atoms with van der Waals surface area (Å²) in [7, 11) is 0. The van der Waals surface area contributed by atoms with E-state index in [-0.39, 0.29) is 27.2 Å². The molecular weight excluding hydrogens is 303 g/mol. The Morgan fingerprint density at radius 1 is 1.27 bits per heavy atom. The molecule has 0 unspecified atom stereocenters. The summed E-state index contributed by atoms with van der Waals surface area (Å²) >= 11 is -0.221. The summed E-state index contributed by atoms with van der Waals surface area (Å²) < 4.78 is 8.59. The predicted molar refractivity (Wildman–Crippen MR) is 69.3 cm³/mol. The van der Waals surface area contributed by atoms with Gasteiger partial charge in [-0.2, -0.15) is 0 Å². The van der Waals surface area contributed by atoms with Crippen LogP contribution in [0, 0.1) is 0 Å². The topological polar surface area (TPSA) is 26.3 Å². The van der Waals surface area contributed by atoms with Crippen LogP contribution in [-0.4, -0.2) is 5.97 Å². The van der Waals surface area contributed by atoms with Gasteiger partial charge in [0, 0.05) is 0 Å². The fraction of sp³-hybridized carbons (Fsp3) is 0.0833. The quantitative estimate of drug-likeness (QED) is 0.487. The first-order valence-electron chi connectivity index (χ1n) is 4.63. The Kier molecular flexibility index (Phi) is 3.55. The van der Waals surface area contributed by atoms with Crippen LogP contribution in [0.25, 0.3) is 0 Å². The number of rotatable bonds is 3. The second-order valence-electron chi connectivity index (χ2n) is 3.04. The Hall–Kier alpha value is -1.10. The van der Waals surface area contributed by atoms with Crippen molar-refractivity contribution in [2.24, 2.45) is 0 Å². The number of hydrogen-bond donors (Lipinski definition) is 0. The molecule has 0 atom stereocenters. The van der Waals surface area contributed by atoms with E-state index in [4.69, 9.17) is 4.74 Å². The fourth-order valence-electron chi connectivity index (χ4n) is 1.21. The van der Waals surface area contributed by atoms with Crippen molar-refractivity contribution in [2.75, 3.05) is 0 Å². The first-order valence-corrected chi connectivity index (χ1v) is 7.14. The molecule has 0 spiro atoms. The molecule has 0 saturated heterocycles. The summed E-state index contributed by atoms with van der Waals surface area (Å²) in [5.41, 5.74) is 0. The molecule has 2 nitrogen and oxygen atoms in total. The van der Waals surface area contributed by atoms with E-state index in [1.54, 1.807) is 12.1 Å². The summed E-state index contributed by atoms with van der Waals surface area (Å²) in [6.45, 7) is 0. The third kappa shape index (κ3) is 3.20. The van der Waals surface area contributed by atoms with Gasteiger partial charge in [-0.05, 0) is 0 Å². The van der Waals surface area contributed by atoms with Crippen LogP contribution >= 0.6 is 21.2 Å². The molecule has 3 heteroatoms. The number of ether oxygens (including phenoxy) is 1. The average molecular weight is 314 g/mol. The molecule has 0 fully saturated rings. The summed E-state index contributed by atoms with van der Waals surface area (Å²) in [6.07, 6.45) is 4.48. The van der Waals surface area contributed by atoms with E-state index in [1.807, 2.05) is 30.4 Å². The monoisotopic (exact) mass is 314 g/mol. The summed E-state index contributed by atoms with van der Waals surface area (Å²) in [5, 5.41) is 0. The van der Waals surface area contributed by atoms with Gasteiger partial charge in [0.25, 0.3) is 0 Å². The molecule has 0 saturated carbocycles. The Morgan fingerprint density at radius 3 is 2.73 bits per heavy atom. The molecule has 78 valence electrons. The minimum absolute atomic E-state index is 0.166. The molecular formula is C12H11IO2. The molecule has 0 bridgehead atoms. The second-order valence-corrected chi connectivity index (χ2v) is 5.99. The number of halogens is 1. The maximum atomic E-state index is 11.5. The van der Waals surface area contributed by atoms with E-state index in [0.29, 0.717) is 12.2 Å². The minimum atomic E-state index is -0.221. The third-order valence-electron chi connectivity index (χ3n) is 1.87. The summed E-state index contributed by atoms with van der Waals surface area (Å²) in [6, 6.07) is 9.18. The summed E-state index contributed by atoms with van der Waals surface area (Å²) in [4.78, 5) is 11.5. The van der Waals surface area contributed by atoms with Crippen LogP contribution in [-0.2, 0) is 4.79 Å². The molecule has 1 aliphatic heterocycles. The van der Waals surface area contributed by atoms with E-state index < -0.39 is 0 Å². The molecule has 15 heavy (non-hydrogen) atoms. The van der Waals surface area contributed by atoms with Crippen LogP contribution in [0.4, 0.5) is 0 Å². The molecule has 0 N–H and O–H groups in total. The van der Waals surface area contributed by atoms with E-state index in [1.165, 1.54) is 3.58 Å². The Bertz CT molecular complexity index is 407. The van der Waals surface area contributed by atoms with Crippen LogP contribution in [0.1, 0.15) is 6.42 Å². The molecule has 0 aromatic heterocycles. The Labute approximate surface area is 98.9 Å². The van der Waals surface area contributed by atoms with E-state index >= 15 is 0 Å². The van der Waals surface area contributed by atoms with Gasteiger partial charge in [0.1, 0.15) is 0 Å². The second kappa shape index (κ2) is 5.11. The van der Waals surface area contributed by atoms with Gasteiger partial charge in [-0.15, -0.1) is 0 Å². The van der Waals surface area contributed by atoms with Crippen LogP contribution in [0.5, 0.6) is 5.75 Å². The molecule has 0 radical (unpaired) electrons. The number of carbonyl (C=O) groups excluding carboxylic acids is 1. The van der Waals surface area contributed by atoms with Crippen molar-refractivity contribution in [2.45, 2.75) is 6.42 Å². The fourth-order valence-corrected chi connectivity index (χ4v) is 3.18. The number of carbonyl (C=O) groups is 1. The van der Waals surface area contributed by atoms with Crippen molar-refractivity contribution in [3.63, 3.8) is 0 Å². The first kappa shape index (κ1) is 10.4. The Balaban J connectivity index is 1.88. The number of benzene rings is 1. The zero-order chi connectivity index (χ0) is 10.5. The number of esters is 1. The van der Waals surface area contributed by atoms with Crippen molar-refractivity contribution in [1.82, 2.24) is 0 Å². The van der Waals surface area contributed by atoms with E-state index in [0.717, 1.165) is 0 Å². The average Bonchev–Trinajstić information content (AvgIpc) is 2.71. The molecule has 1 aliphatic rings. The SMILES string of the molecule is O=C(CC1=CC=C[IH]1)Oc1ccccc1. The van der Waals surface area contributed by atoms with Crippen molar-refractivity contribution < 1.29 is 9.53 Å². The van der Waals surface area contributed by atoms with Crippen molar-refractivity contribution in [3.8, 4) is 5.75 Å². The first-order chi connectivity index (χ1) is 7.34. The van der Waals surface area contributed by atoms with Crippen LogP contribution in [0.15, 0.2) is 50.1 Å². The van der Waals surface area contributed by atoms with Gasteiger partial charge in [-0.1, -0.05) is 0 Å². The molecule has 1 aromatic rings. The molecule has 1 aromatic carbocycles. The summed E-state index contributed by atoms with van der Waals surface area (Å²) in [5.74, 6) is 0.455. The van der Waals surface area contributed by atoms with E-state index in [9.17, 15) is 4.79 Å². The predicted octanol–water partition coefficient (Wildman–Crippen LogP) is 3.10. The van der Waals surface area contributed by atoms with Gasteiger partial charge in [0.05, 0.1) is 0 Å². The maximum absolute atomic E-state index is 11.5. The molecule has 0 aliphatic carbocycles. The van der Waals surface area contributed by atoms with Gasteiger partial charge in [-0.25, -0.2) is 0 Å². The number of allylic oxidation sites excluding steroid dienone is 2. The number of para-hydroxylation sites is 1. The van der Waals surface area contributed by atoms with Gasteiger partial charge in [0.2, 0.25) is 0 Å². The van der Waals surface area contributed by atoms with E-state index in [2.05, 4.69) is 4.08 Å². The molecule has 1 heterocycles.